The minimum absolute atomic E-state index is 0.00649. The second-order valence-corrected chi connectivity index (χ2v) is 8.75. The van der Waals surface area contributed by atoms with E-state index < -0.39 is 17.0 Å². The number of cyclic esters (lactones) is 1. The molecule has 27 heavy (non-hydrogen) atoms. The van der Waals surface area contributed by atoms with Gasteiger partial charge in [-0.3, -0.25) is 0 Å². The molecule has 5 heteroatoms. The average Bonchev–Trinajstić information content (AvgIpc) is 2.56. The van der Waals surface area contributed by atoms with E-state index in [1.165, 1.54) is 0 Å². The van der Waals surface area contributed by atoms with Crippen molar-refractivity contribution < 1.29 is 14.6 Å². The van der Waals surface area contributed by atoms with Crippen LogP contribution in [-0.4, -0.2) is 16.7 Å². The highest BCUT2D eigenvalue weighted by Crippen LogP contribution is 2.48. The van der Waals surface area contributed by atoms with Crippen LogP contribution >= 0.6 is 23.2 Å². The number of hydrogen-bond acceptors (Lipinski definition) is 3. The van der Waals surface area contributed by atoms with Gasteiger partial charge in [-0.15, -0.1) is 0 Å². The lowest BCUT2D eigenvalue weighted by atomic mass is 9.71. The number of esters is 1. The molecule has 0 radical (unpaired) electrons. The molecule has 1 aliphatic rings. The molecule has 0 aliphatic carbocycles. The first kappa shape index (κ1) is 19.8. The summed E-state index contributed by atoms with van der Waals surface area (Å²) in [5.41, 5.74) is 1.69. The van der Waals surface area contributed by atoms with Crippen LogP contribution in [-0.2, 0) is 9.53 Å². The van der Waals surface area contributed by atoms with Gasteiger partial charge >= 0.3 is 5.97 Å². The zero-order valence-corrected chi connectivity index (χ0v) is 17.5. The minimum atomic E-state index is -0.832. The molecule has 0 spiro atoms. The molecular formula is C22H22Cl2O3. The van der Waals surface area contributed by atoms with E-state index in [9.17, 15) is 9.90 Å². The minimum Gasteiger partial charge on any atom is -0.511 e. The van der Waals surface area contributed by atoms with Crippen molar-refractivity contribution in [3.05, 3.63) is 63.3 Å². The van der Waals surface area contributed by atoms with Gasteiger partial charge in [0.2, 0.25) is 0 Å². The highest BCUT2D eigenvalue weighted by molar-refractivity contribution is 6.35. The Morgan fingerprint density at radius 1 is 0.963 bits per heavy atom. The molecule has 0 aromatic heterocycles. The van der Waals surface area contributed by atoms with E-state index in [2.05, 4.69) is 0 Å². The predicted molar refractivity (Wildman–Crippen MR) is 110 cm³/mol. The third kappa shape index (κ3) is 3.24. The largest absolute Gasteiger partial charge is 0.511 e. The number of rotatable bonds is 2. The molecule has 0 amide bonds. The number of hydrogen-bond donors (Lipinski definition) is 1. The lowest BCUT2D eigenvalue weighted by Crippen LogP contribution is -2.48. The fourth-order valence-corrected chi connectivity index (χ4v) is 3.68. The van der Waals surface area contributed by atoms with Crippen molar-refractivity contribution >= 4 is 34.7 Å². The molecular weight excluding hydrogens is 383 g/mol. The van der Waals surface area contributed by atoms with E-state index in [4.69, 9.17) is 27.9 Å². The summed E-state index contributed by atoms with van der Waals surface area (Å²) in [6.07, 6.45) is 0. The van der Waals surface area contributed by atoms with Crippen LogP contribution in [0.3, 0.4) is 0 Å². The van der Waals surface area contributed by atoms with Crippen LogP contribution in [0.2, 0.25) is 10.0 Å². The molecule has 0 bridgehead atoms. The van der Waals surface area contributed by atoms with Crippen molar-refractivity contribution in [3.63, 3.8) is 0 Å². The monoisotopic (exact) mass is 404 g/mol. The molecule has 0 fully saturated rings. The predicted octanol–water partition coefficient (Wildman–Crippen LogP) is 6.60. The maximum Gasteiger partial charge on any atom is 0.342 e. The molecule has 2 aromatic rings. The second kappa shape index (κ2) is 6.57. The van der Waals surface area contributed by atoms with E-state index in [0.717, 1.165) is 16.7 Å². The first-order valence-electron chi connectivity index (χ1n) is 8.69. The molecule has 0 saturated carbocycles. The van der Waals surface area contributed by atoms with Gasteiger partial charge in [0, 0.05) is 15.6 Å². The molecule has 0 unspecified atom stereocenters. The fraction of sp³-hybridized carbons (Fsp3) is 0.318. The van der Waals surface area contributed by atoms with Crippen LogP contribution in [0.1, 0.15) is 38.8 Å². The Kier molecular flexibility index (Phi) is 4.82. The molecule has 3 rings (SSSR count). The van der Waals surface area contributed by atoms with Crippen LogP contribution in [0, 0.1) is 12.3 Å². The van der Waals surface area contributed by atoms with Gasteiger partial charge in [-0.05, 0) is 69.5 Å². The van der Waals surface area contributed by atoms with Crippen LogP contribution < -0.4 is 0 Å². The molecule has 1 aliphatic heterocycles. The van der Waals surface area contributed by atoms with Crippen molar-refractivity contribution in [2.24, 2.45) is 5.41 Å². The zero-order valence-electron chi connectivity index (χ0n) is 16.0. The van der Waals surface area contributed by atoms with Gasteiger partial charge in [0.1, 0.15) is 16.9 Å². The van der Waals surface area contributed by atoms with E-state index in [-0.39, 0.29) is 11.3 Å². The molecule has 3 nitrogen and oxygen atoms in total. The Hall–Kier alpha value is -1.97. The van der Waals surface area contributed by atoms with E-state index in [1.54, 1.807) is 19.9 Å². The summed E-state index contributed by atoms with van der Waals surface area (Å²) in [5, 5.41) is 12.0. The Morgan fingerprint density at radius 3 is 2.11 bits per heavy atom. The van der Waals surface area contributed by atoms with E-state index in [1.807, 2.05) is 51.1 Å². The first-order chi connectivity index (χ1) is 12.5. The van der Waals surface area contributed by atoms with Crippen LogP contribution in [0.25, 0.3) is 16.7 Å². The fourth-order valence-electron chi connectivity index (χ4n) is 3.19. The first-order valence-corrected chi connectivity index (χ1v) is 9.45. The summed E-state index contributed by atoms with van der Waals surface area (Å²) in [4.78, 5) is 12.7. The van der Waals surface area contributed by atoms with Gasteiger partial charge < -0.3 is 9.84 Å². The van der Waals surface area contributed by atoms with Gasteiger partial charge in [0.05, 0.1) is 5.41 Å². The quantitative estimate of drug-likeness (QED) is 0.573. The third-order valence-corrected chi connectivity index (χ3v) is 6.15. The Labute approximate surface area is 169 Å². The number of carbonyl (C=O) groups is 1. The maximum absolute atomic E-state index is 12.7. The lowest BCUT2D eigenvalue weighted by molar-refractivity contribution is -0.164. The smallest absolute Gasteiger partial charge is 0.342 e. The molecule has 0 atom stereocenters. The van der Waals surface area contributed by atoms with Crippen LogP contribution in [0.4, 0.5) is 0 Å². The number of aliphatic hydroxyl groups is 1. The number of halogens is 2. The number of aryl methyl sites for hydroxylation is 1. The second-order valence-electron chi connectivity index (χ2n) is 7.91. The number of aliphatic hydroxyl groups excluding tert-OH is 1. The molecule has 0 saturated heterocycles. The van der Waals surface area contributed by atoms with Crippen LogP contribution in [0.5, 0.6) is 0 Å². The van der Waals surface area contributed by atoms with Gasteiger partial charge in [0.15, 0.2) is 0 Å². The molecule has 2 aromatic carbocycles. The number of carbonyl (C=O) groups excluding carboxylic acids is 1. The summed E-state index contributed by atoms with van der Waals surface area (Å²) in [6.45, 7) is 9.13. The molecule has 1 heterocycles. The van der Waals surface area contributed by atoms with Gasteiger partial charge in [-0.25, -0.2) is 4.79 Å². The standard InChI is InChI=1S/C22H22Cl2O3/c1-12-10-14(13-6-8-15(23)9-7-13)11-16(24)17(12)18-19(25)21(2,3)22(4,5)27-20(18)26/h6-11,25H,1-5H3. The number of ether oxygens (including phenoxy) is 1. The summed E-state index contributed by atoms with van der Waals surface area (Å²) in [5.74, 6) is -0.575. The van der Waals surface area contributed by atoms with Crippen LogP contribution in [0.15, 0.2) is 42.2 Å². The topological polar surface area (TPSA) is 46.5 Å². The van der Waals surface area contributed by atoms with Crippen molar-refractivity contribution in [1.82, 2.24) is 0 Å². The SMILES string of the molecule is Cc1cc(-c2ccc(Cl)cc2)cc(Cl)c1C1=C(O)C(C)(C)C(C)(C)OC1=O. The number of benzene rings is 2. The Morgan fingerprint density at radius 2 is 1.56 bits per heavy atom. The summed E-state index contributed by atoms with van der Waals surface area (Å²) in [6, 6.07) is 11.2. The third-order valence-electron chi connectivity index (χ3n) is 5.60. The van der Waals surface area contributed by atoms with Crippen molar-refractivity contribution in [2.45, 2.75) is 40.2 Å². The van der Waals surface area contributed by atoms with Crippen molar-refractivity contribution in [1.29, 1.82) is 0 Å². The maximum atomic E-state index is 12.7. The zero-order chi connectivity index (χ0) is 20.1. The Bertz CT molecular complexity index is 931. The molecule has 142 valence electrons. The molecule has 1 N–H and O–H groups in total. The van der Waals surface area contributed by atoms with Gasteiger partial charge in [-0.1, -0.05) is 41.4 Å². The Balaban J connectivity index is 2.18. The summed E-state index contributed by atoms with van der Waals surface area (Å²) >= 11 is 12.5. The van der Waals surface area contributed by atoms with Gasteiger partial charge in [-0.2, -0.15) is 0 Å². The van der Waals surface area contributed by atoms with E-state index in [0.29, 0.717) is 15.6 Å². The highest BCUT2D eigenvalue weighted by Gasteiger charge is 2.50. The summed E-state index contributed by atoms with van der Waals surface area (Å²) in [7, 11) is 0. The van der Waals surface area contributed by atoms with Gasteiger partial charge in [0.25, 0.3) is 0 Å². The lowest BCUT2D eigenvalue weighted by Gasteiger charge is -2.44. The van der Waals surface area contributed by atoms with Crippen molar-refractivity contribution in [3.8, 4) is 11.1 Å². The highest BCUT2D eigenvalue weighted by atomic mass is 35.5. The average molecular weight is 405 g/mol. The normalized spacial score (nSPS) is 18.4. The summed E-state index contributed by atoms with van der Waals surface area (Å²) < 4.78 is 5.63. The van der Waals surface area contributed by atoms with Crippen molar-refractivity contribution in [2.75, 3.05) is 0 Å². The van der Waals surface area contributed by atoms with E-state index >= 15 is 0 Å².